The van der Waals surface area contributed by atoms with Crippen LogP contribution in [0.15, 0.2) is 30.3 Å². The van der Waals surface area contributed by atoms with E-state index in [0.717, 1.165) is 5.69 Å². The molecule has 1 aromatic carbocycles. The van der Waals surface area contributed by atoms with Crippen LogP contribution in [0.25, 0.3) is 0 Å². The fourth-order valence-electron chi connectivity index (χ4n) is 1.53. The smallest absolute Gasteiger partial charge is 0.302 e. The van der Waals surface area contributed by atoms with E-state index < -0.39 is 10.1 Å². The second-order valence-corrected chi connectivity index (χ2v) is 5.52. The third-order valence-electron chi connectivity index (χ3n) is 2.41. The molecule has 0 spiro atoms. The molecule has 0 aliphatic heterocycles. The van der Waals surface area contributed by atoms with E-state index in [4.69, 9.17) is 9.29 Å². The average Bonchev–Trinajstić information content (AvgIpc) is 2.33. The molecule has 106 valence electrons. The molecule has 1 rings (SSSR count). The molecule has 0 atom stereocenters. The van der Waals surface area contributed by atoms with Crippen molar-refractivity contribution >= 4 is 21.8 Å². The van der Waals surface area contributed by atoms with Crippen LogP contribution < -0.4 is 4.90 Å². The SMILES string of the molecule is CC(=O)OCCN(CCS(=O)(=O)O)c1ccccc1. The first-order valence-corrected chi connectivity index (χ1v) is 7.38. The van der Waals surface area contributed by atoms with Gasteiger partial charge in [0.15, 0.2) is 0 Å². The summed E-state index contributed by atoms with van der Waals surface area (Å²) in [5, 5.41) is 0. The van der Waals surface area contributed by atoms with Gasteiger partial charge in [-0.05, 0) is 12.1 Å². The molecule has 0 heterocycles. The Labute approximate surface area is 112 Å². The van der Waals surface area contributed by atoms with Crippen LogP contribution in [0.2, 0.25) is 0 Å². The maximum atomic E-state index is 10.8. The van der Waals surface area contributed by atoms with Gasteiger partial charge in [-0.2, -0.15) is 8.42 Å². The van der Waals surface area contributed by atoms with E-state index in [1.54, 1.807) is 4.90 Å². The molecule has 0 saturated carbocycles. The summed E-state index contributed by atoms with van der Waals surface area (Å²) in [6.07, 6.45) is 0. The van der Waals surface area contributed by atoms with Crippen LogP contribution in [-0.2, 0) is 19.6 Å². The standard InChI is InChI=1S/C12H17NO5S/c1-11(14)18-9-7-13(8-10-19(15,16)17)12-5-3-2-4-6-12/h2-6H,7-10H2,1H3,(H,15,16,17). The molecule has 6 nitrogen and oxygen atoms in total. The number of rotatable bonds is 7. The van der Waals surface area contributed by atoms with E-state index in [1.807, 2.05) is 30.3 Å². The van der Waals surface area contributed by atoms with Crippen LogP contribution in [0.5, 0.6) is 0 Å². The highest BCUT2D eigenvalue weighted by atomic mass is 32.2. The number of hydrogen-bond acceptors (Lipinski definition) is 5. The summed E-state index contributed by atoms with van der Waals surface area (Å²) in [4.78, 5) is 12.4. The molecule has 0 unspecified atom stereocenters. The fraction of sp³-hybridized carbons (Fsp3) is 0.417. The van der Waals surface area contributed by atoms with Gasteiger partial charge in [0.05, 0.1) is 12.3 Å². The summed E-state index contributed by atoms with van der Waals surface area (Å²) in [5.74, 6) is -0.759. The molecule has 0 amide bonds. The number of anilines is 1. The van der Waals surface area contributed by atoms with E-state index in [0.29, 0.717) is 6.54 Å². The van der Waals surface area contributed by atoms with Gasteiger partial charge in [0.25, 0.3) is 10.1 Å². The quantitative estimate of drug-likeness (QED) is 0.593. The first kappa shape index (κ1) is 15.5. The molecule has 0 radical (unpaired) electrons. The van der Waals surface area contributed by atoms with Crippen molar-refractivity contribution in [3.05, 3.63) is 30.3 Å². The summed E-state index contributed by atoms with van der Waals surface area (Å²) < 4.78 is 35.2. The number of carbonyl (C=O) groups excluding carboxylic acids is 1. The third kappa shape index (κ3) is 6.78. The summed E-state index contributed by atoms with van der Waals surface area (Å²) in [6.45, 7) is 1.96. The number of para-hydroxylation sites is 1. The molecule has 0 aromatic heterocycles. The summed E-state index contributed by atoms with van der Waals surface area (Å²) in [5.41, 5.74) is 0.804. The molecule has 1 aromatic rings. The molecule has 7 heteroatoms. The van der Waals surface area contributed by atoms with Gasteiger partial charge in [0, 0.05) is 19.2 Å². The van der Waals surface area contributed by atoms with Crippen LogP contribution in [0.1, 0.15) is 6.92 Å². The molecule has 19 heavy (non-hydrogen) atoms. The Bertz CT molecular complexity index is 500. The highest BCUT2D eigenvalue weighted by Crippen LogP contribution is 2.12. The van der Waals surface area contributed by atoms with Crippen molar-refractivity contribution in [1.82, 2.24) is 0 Å². The molecule has 0 aliphatic rings. The molecule has 0 saturated heterocycles. The van der Waals surface area contributed by atoms with Crippen molar-refractivity contribution in [2.24, 2.45) is 0 Å². The number of ether oxygens (including phenoxy) is 1. The van der Waals surface area contributed by atoms with Crippen molar-refractivity contribution in [3.63, 3.8) is 0 Å². The summed E-state index contributed by atoms with van der Waals surface area (Å²) in [7, 11) is -4.02. The lowest BCUT2D eigenvalue weighted by atomic mass is 10.3. The number of nitrogens with zero attached hydrogens (tertiary/aromatic N) is 1. The summed E-state index contributed by atoms with van der Waals surface area (Å²) >= 11 is 0. The molecule has 0 aliphatic carbocycles. The highest BCUT2D eigenvalue weighted by Gasteiger charge is 2.11. The zero-order chi connectivity index (χ0) is 14.3. The zero-order valence-corrected chi connectivity index (χ0v) is 11.5. The largest absolute Gasteiger partial charge is 0.464 e. The Hall–Kier alpha value is -1.60. The maximum absolute atomic E-state index is 10.8. The van der Waals surface area contributed by atoms with Gasteiger partial charge in [0.2, 0.25) is 0 Å². The van der Waals surface area contributed by atoms with Gasteiger partial charge in [0.1, 0.15) is 6.61 Å². The predicted molar refractivity (Wildman–Crippen MR) is 71.7 cm³/mol. The van der Waals surface area contributed by atoms with Gasteiger partial charge in [-0.25, -0.2) is 0 Å². The predicted octanol–water partition coefficient (Wildman–Crippen LogP) is 0.944. The van der Waals surface area contributed by atoms with Crippen LogP contribution in [0.4, 0.5) is 5.69 Å². The second-order valence-electron chi connectivity index (χ2n) is 3.95. The van der Waals surface area contributed by atoms with E-state index in [1.165, 1.54) is 6.92 Å². The van der Waals surface area contributed by atoms with Gasteiger partial charge in [-0.1, -0.05) is 18.2 Å². The lowest BCUT2D eigenvalue weighted by Crippen LogP contribution is -2.32. The first-order valence-electron chi connectivity index (χ1n) is 5.77. The third-order valence-corrected chi connectivity index (χ3v) is 3.11. The van der Waals surface area contributed by atoms with Gasteiger partial charge in [-0.15, -0.1) is 0 Å². The Morgan fingerprint density at radius 3 is 2.42 bits per heavy atom. The Morgan fingerprint density at radius 2 is 1.89 bits per heavy atom. The monoisotopic (exact) mass is 287 g/mol. The topological polar surface area (TPSA) is 83.9 Å². The fourth-order valence-corrected chi connectivity index (χ4v) is 1.99. The van der Waals surface area contributed by atoms with E-state index >= 15 is 0 Å². The minimum Gasteiger partial charge on any atom is -0.464 e. The zero-order valence-electron chi connectivity index (χ0n) is 10.7. The first-order chi connectivity index (χ1) is 8.88. The molecule has 0 fully saturated rings. The summed E-state index contributed by atoms with van der Waals surface area (Å²) in [6, 6.07) is 9.12. The van der Waals surface area contributed by atoms with Crippen LogP contribution >= 0.6 is 0 Å². The van der Waals surface area contributed by atoms with Crippen LogP contribution in [0.3, 0.4) is 0 Å². The molecule has 0 bridgehead atoms. The molecular formula is C12H17NO5S. The van der Waals surface area contributed by atoms with Gasteiger partial charge < -0.3 is 9.64 Å². The minimum atomic E-state index is -4.02. The highest BCUT2D eigenvalue weighted by molar-refractivity contribution is 7.85. The number of carbonyl (C=O) groups is 1. The lowest BCUT2D eigenvalue weighted by Gasteiger charge is -2.23. The molecular weight excluding hydrogens is 270 g/mol. The van der Waals surface area contributed by atoms with E-state index in [2.05, 4.69) is 0 Å². The normalized spacial score (nSPS) is 11.1. The number of esters is 1. The minimum absolute atomic E-state index is 0.129. The van der Waals surface area contributed by atoms with Crippen molar-refractivity contribution in [3.8, 4) is 0 Å². The maximum Gasteiger partial charge on any atom is 0.302 e. The Morgan fingerprint density at radius 1 is 1.26 bits per heavy atom. The van der Waals surface area contributed by atoms with Crippen molar-refractivity contribution in [1.29, 1.82) is 0 Å². The van der Waals surface area contributed by atoms with Crippen molar-refractivity contribution in [2.75, 3.05) is 30.3 Å². The van der Waals surface area contributed by atoms with E-state index in [-0.39, 0.29) is 24.9 Å². The number of hydrogen-bond donors (Lipinski definition) is 1. The van der Waals surface area contributed by atoms with Crippen LogP contribution in [-0.4, -0.2) is 44.4 Å². The second kappa shape index (κ2) is 7.10. The van der Waals surface area contributed by atoms with Gasteiger partial charge in [-0.3, -0.25) is 9.35 Å². The van der Waals surface area contributed by atoms with E-state index in [9.17, 15) is 13.2 Å². The molecule has 1 N–H and O–H groups in total. The van der Waals surface area contributed by atoms with Crippen molar-refractivity contribution in [2.45, 2.75) is 6.92 Å². The van der Waals surface area contributed by atoms with Crippen LogP contribution in [0, 0.1) is 0 Å². The van der Waals surface area contributed by atoms with Crippen molar-refractivity contribution < 1.29 is 22.5 Å². The van der Waals surface area contributed by atoms with Gasteiger partial charge >= 0.3 is 5.97 Å². The Balaban J connectivity index is 2.65. The number of benzene rings is 1. The Kier molecular flexibility index (Phi) is 5.78. The lowest BCUT2D eigenvalue weighted by molar-refractivity contribution is -0.140. The average molecular weight is 287 g/mol.